The van der Waals surface area contributed by atoms with E-state index in [9.17, 15) is 0 Å². The molecule has 19 heavy (non-hydrogen) atoms. The van der Waals surface area contributed by atoms with E-state index in [4.69, 9.17) is 9.47 Å². The van der Waals surface area contributed by atoms with Crippen LogP contribution in [-0.2, 0) is 9.47 Å². The van der Waals surface area contributed by atoms with Crippen LogP contribution in [0.1, 0.15) is 31.4 Å². The topological polar surface area (TPSA) is 18.5 Å². The van der Waals surface area contributed by atoms with E-state index in [2.05, 4.69) is 49.4 Å². The zero-order chi connectivity index (χ0) is 13.1. The molecule has 0 aliphatic carbocycles. The maximum Gasteiger partial charge on any atom is 0.130 e. The molecule has 2 aromatic carbocycles. The van der Waals surface area contributed by atoms with Gasteiger partial charge in [-0.2, -0.15) is 0 Å². The number of benzene rings is 2. The molecule has 0 amide bonds. The normalized spacial score (nSPS) is 18.5. The van der Waals surface area contributed by atoms with Crippen molar-refractivity contribution in [2.24, 2.45) is 0 Å². The van der Waals surface area contributed by atoms with Crippen molar-refractivity contribution in [2.45, 2.75) is 25.9 Å². The first-order chi connectivity index (χ1) is 9.34. The highest BCUT2D eigenvalue weighted by Crippen LogP contribution is 2.27. The fourth-order valence-corrected chi connectivity index (χ4v) is 2.47. The smallest absolute Gasteiger partial charge is 0.130 e. The lowest BCUT2D eigenvalue weighted by atomic mass is 10.0. The van der Waals surface area contributed by atoms with E-state index in [-0.39, 0.29) is 6.10 Å². The molecule has 0 saturated carbocycles. The fraction of sp³-hybridized carbons (Fsp3) is 0.294. The van der Waals surface area contributed by atoms with E-state index in [0.29, 0.717) is 0 Å². The molecule has 1 atom stereocenters. The van der Waals surface area contributed by atoms with E-state index in [0.717, 1.165) is 25.2 Å². The summed E-state index contributed by atoms with van der Waals surface area (Å²) in [6.07, 6.45) is 3.89. The predicted octanol–water partition coefficient (Wildman–Crippen LogP) is 4.57. The van der Waals surface area contributed by atoms with Gasteiger partial charge in [-0.25, -0.2) is 0 Å². The summed E-state index contributed by atoms with van der Waals surface area (Å²) in [6, 6.07) is 14.7. The third-order valence-electron chi connectivity index (χ3n) is 3.52. The van der Waals surface area contributed by atoms with Gasteiger partial charge in [0, 0.05) is 6.42 Å². The van der Waals surface area contributed by atoms with Crippen LogP contribution in [0.3, 0.4) is 0 Å². The SMILES string of the molecule is CC(OC=C1CCCO1)c1cccc2ccccc12. The second-order valence-corrected chi connectivity index (χ2v) is 4.88. The molecule has 1 aliphatic rings. The van der Waals surface area contributed by atoms with Crippen LogP contribution in [0.25, 0.3) is 10.8 Å². The van der Waals surface area contributed by atoms with Crippen molar-refractivity contribution in [3.05, 3.63) is 60.0 Å². The molecule has 0 bridgehead atoms. The molecular formula is C17H18O2. The van der Waals surface area contributed by atoms with E-state index in [1.165, 1.54) is 16.3 Å². The van der Waals surface area contributed by atoms with Gasteiger partial charge >= 0.3 is 0 Å². The maximum atomic E-state index is 5.83. The second kappa shape index (κ2) is 5.35. The van der Waals surface area contributed by atoms with Crippen LogP contribution in [-0.4, -0.2) is 6.61 Å². The minimum atomic E-state index is 0.0304. The monoisotopic (exact) mass is 254 g/mol. The van der Waals surface area contributed by atoms with Gasteiger partial charge in [0.05, 0.1) is 6.61 Å². The largest absolute Gasteiger partial charge is 0.495 e. The molecule has 1 aliphatic heterocycles. The van der Waals surface area contributed by atoms with Crippen molar-refractivity contribution in [3.8, 4) is 0 Å². The first-order valence-corrected chi connectivity index (χ1v) is 6.79. The van der Waals surface area contributed by atoms with Gasteiger partial charge < -0.3 is 9.47 Å². The van der Waals surface area contributed by atoms with Crippen molar-refractivity contribution in [3.63, 3.8) is 0 Å². The lowest BCUT2D eigenvalue weighted by molar-refractivity contribution is 0.145. The van der Waals surface area contributed by atoms with Crippen molar-refractivity contribution in [2.75, 3.05) is 6.61 Å². The minimum Gasteiger partial charge on any atom is -0.495 e. The summed E-state index contributed by atoms with van der Waals surface area (Å²) in [7, 11) is 0. The van der Waals surface area contributed by atoms with Crippen LogP contribution in [0.2, 0.25) is 0 Å². The van der Waals surface area contributed by atoms with Crippen LogP contribution < -0.4 is 0 Å². The molecule has 98 valence electrons. The highest BCUT2D eigenvalue weighted by atomic mass is 16.5. The molecule has 3 rings (SSSR count). The number of allylic oxidation sites excluding steroid dienone is 1. The Labute approximate surface area is 113 Å². The molecule has 0 aromatic heterocycles. The zero-order valence-corrected chi connectivity index (χ0v) is 11.1. The van der Waals surface area contributed by atoms with Gasteiger partial charge in [0.2, 0.25) is 0 Å². The standard InChI is InChI=1S/C17H18O2/c1-13(19-12-15-8-5-11-18-15)16-10-4-7-14-6-2-3-9-17(14)16/h2-4,6-7,9-10,12-13H,5,8,11H2,1H3. The lowest BCUT2D eigenvalue weighted by Crippen LogP contribution is -1.97. The van der Waals surface area contributed by atoms with Crippen molar-refractivity contribution < 1.29 is 9.47 Å². The van der Waals surface area contributed by atoms with Crippen LogP contribution in [0.15, 0.2) is 54.5 Å². The molecule has 2 heteroatoms. The molecule has 0 N–H and O–H groups in total. The highest BCUT2D eigenvalue weighted by molar-refractivity contribution is 5.85. The molecule has 1 heterocycles. The van der Waals surface area contributed by atoms with Gasteiger partial charge in [-0.05, 0) is 29.7 Å². The minimum absolute atomic E-state index is 0.0304. The second-order valence-electron chi connectivity index (χ2n) is 4.88. The summed E-state index contributed by atoms with van der Waals surface area (Å²) in [6.45, 7) is 2.89. The first kappa shape index (κ1) is 12.1. The Hall–Kier alpha value is -1.96. The number of ether oxygens (including phenoxy) is 2. The molecule has 0 radical (unpaired) electrons. The Balaban J connectivity index is 1.85. The predicted molar refractivity (Wildman–Crippen MR) is 76.7 cm³/mol. The lowest BCUT2D eigenvalue weighted by Gasteiger charge is -2.15. The Kier molecular flexibility index (Phi) is 3.41. The molecule has 1 unspecified atom stereocenters. The molecule has 2 aromatic rings. The van der Waals surface area contributed by atoms with E-state index in [1.54, 1.807) is 6.26 Å². The number of rotatable bonds is 3. The molecule has 2 nitrogen and oxygen atoms in total. The fourth-order valence-electron chi connectivity index (χ4n) is 2.47. The summed E-state index contributed by atoms with van der Waals surface area (Å²) in [4.78, 5) is 0. The molecule has 0 spiro atoms. The average molecular weight is 254 g/mol. The Bertz CT molecular complexity index is 588. The van der Waals surface area contributed by atoms with Crippen molar-refractivity contribution in [1.82, 2.24) is 0 Å². The van der Waals surface area contributed by atoms with E-state index in [1.807, 2.05) is 0 Å². The van der Waals surface area contributed by atoms with Gasteiger partial charge in [0.1, 0.15) is 18.1 Å². The number of hydrogen-bond donors (Lipinski definition) is 0. The van der Waals surface area contributed by atoms with Crippen molar-refractivity contribution >= 4 is 10.8 Å². The highest BCUT2D eigenvalue weighted by Gasteiger charge is 2.11. The summed E-state index contributed by atoms with van der Waals surface area (Å²) >= 11 is 0. The molecule has 1 fully saturated rings. The molecular weight excluding hydrogens is 236 g/mol. The van der Waals surface area contributed by atoms with Crippen LogP contribution >= 0.6 is 0 Å². The Morgan fingerprint density at radius 3 is 2.84 bits per heavy atom. The number of hydrogen-bond acceptors (Lipinski definition) is 2. The van der Waals surface area contributed by atoms with E-state index < -0.39 is 0 Å². The number of fused-ring (bicyclic) bond motifs is 1. The molecule has 1 saturated heterocycles. The van der Waals surface area contributed by atoms with Gasteiger partial charge in [-0.15, -0.1) is 0 Å². The Morgan fingerprint density at radius 2 is 2.00 bits per heavy atom. The third-order valence-corrected chi connectivity index (χ3v) is 3.52. The van der Waals surface area contributed by atoms with Crippen LogP contribution in [0, 0.1) is 0 Å². The summed E-state index contributed by atoms with van der Waals surface area (Å²) < 4.78 is 11.3. The zero-order valence-electron chi connectivity index (χ0n) is 11.1. The van der Waals surface area contributed by atoms with Gasteiger partial charge in [-0.1, -0.05) is 42.5 Å². The van der Waals surface area contributed by atoms with Gasteiger partial charge in [0.15, 0.2) is 0 Å². The summed E-state index contributed by atoms with van der Waals surface area (Å²) in [5, 5.41) is 2.50. The first-order valence-electron chi connectivity index (χ1n) is 6.79. The quantitative estimate of drug-likeness (QED) is 0.747. The van der Waals surface area contributed by atoms with Gasteiger partial charge in [-0.3, -0.25) is 0 Å². The Morgan fingerprint density at radius 1 is 1.16 bits per heavy atom. The average Bonchev–Trinajstić information content (AvgIpc) is 2.97. The van der Waals surface area contributed by atoms with Gasteiger partial charge in [0.25, 0.3) is 0 Å². The van der Waals surface area contributed by atoms with Crippen LogP contribution in [0.5, 0.6) is 0 Å². The van der Waals surface area contributed by atoms with Crippen molar-refractivity contribution in [1.29, 1.82) is 0 Å². The van der Waals surface area contributed by atoms with Crippen LogP contribution in [0.4, 0.5) is 0 Å². The summed E-state index contributed by atoms with van der Waals surface area (Å²) in [5.41, 5.74) is 1.22. The summed E-state index contributed by atoms with van der Waals surface area (Å²) in [5.74, 6) is 0.965. The third kappa shape index (κ3) is 2.58. The maximum absolute atomic E-state index is 5.83. The van der Waals surface area contributed by atoms with E-state index >= 15 is 0 Å².